The van der Waals surface area contributed by atoms with Crippen LogP contribution in [-0.4, -0.2) is 65.8 Å². The summed E-state index contributed by atoms with van der Waals surface area (Å²) >= 11 is 0. The molecule has 0 aromatic heterocycles. The zero-order chi connectivity index (χ0) is 32.8. The highest BCUT2D eigenvalue weighted by Crippen LogP contribution is 2.28. The largest absolute Gasteiger partial charge is 0.392 e. The van der Waals surface area contributed by atoms with Crippen LogP contribution in [0.4, 0.5) is 17.6 Å². The second-order valence-electron chi connectivity index (χ2n) is 10.7. The maximum atomic E-state index is 12.7. The number of aliphatic hydroxyl groups excluding tert-OH is 1. The van der Waals surface area contributed by atoms with E-state index in [9.17, 15) is 27.5 Å². The molecule has 0 aromatic rings. The molecule has 238 valence electrons. The van der Waals surface area contributed by atoms with Crippen LogP contribution >= 0.6 is 0 Å². The van der Waals surface area contributed by atoms with Crippen LogP contribution in [-0.2, 0) is 4.79 Å². The molecule has 0 radical (unpaired) electrons. The molecule has 2 fully saturated rings. The molecular formula is C33H56F4N2O2. The van der Waals surface area contributed by atoms with Gasteiger partial charge in [-0.3, -0.25) is 14.1 Å². The molecule has 2 rings (SSSR count). The number of nitrogens with zero attached hydrogens (tertiary/aromatic N) is 2. The minimum atomic E-state index is -0.576. The third-order valence-corrected chi connectivity index (χ3v) is 6.16. The minimum Gasteiger partial charge on any atom is -0.392 e. The Kier molecular flexibility index (Phi) is 25.4. The molecular weight excluding hydrogens is 532 g/mol. The zero-order valence-electron chi connectivity index (χ0n) is 27.1. The summed E-state index contributed by atoms with van der Waals surface area (Å²) in [7, 11) is 0.500. The van der Waals surface area contributed by atoms with Gasteiger partial charge in [0.2, 0.25) is 5.91 Å². The van der Waals surface area contributed by atoms with Gasteiger partial charge in [-0.15, -0.1) is 0 Å². The Morgan fingerprint density at radius 1 is 0.902 bits per heavy atom. The molecule has 3 atom stereocenters. The lowest BCUT2D eigenvalue weighted by atomic mass is 9.87. The molecule has 1 N–H and O–H groups in total. The van der Waals surface area contributed by atoms with Crippen LogP contribution in [0.3, 0.4) is 0 Å². The fourth-order valence-electron chi connectivity index (χ4n) is 4.11. The van der Waals surface area contributed by atoms with Crippen LogP contribution in [0, 0.1) is 17.8 Å². The van der Waals surface area contributed by atoms with E-state index in [-0.39, 0.29) is 35.2 Å². The van der Waals surface area contributed by atoms with Crippen molar-refractivity contribution in [3.8, 4) is 0 Å². The average molecular weight is 589 g/mol. The summed E-state index contributed by atoms with van der Waals surface area (Å²) in [4.78, 5) is 17.1. The zero-order valence-corrected chi connectivity index (χ0v) is 27.1. The quantitative estimate of drug-likeness (QED) is 0.258. The van der Waals surface area contributed by atoms with E-state index in [0.29, 0.717) is 26.2 Å². The van der Waals surface area contributed by atoms with E-state index in [0.717, 1.165) is 31.7 Å². The lowest BCUT2D eigenvalue weighted by Gasteiger charge is -2.40. The number of likely N-dealkylation sites (tertiary alicyclic amines) is 2. The summed E-state index contributed by atoms with van der Waals surface area (Å²) in [5, 5.41) is 10.0. The van der Waals surface area contributed by atoms with Gasteiger partial charge in [-0.2, -0.15) is 0 Å². The number of alkyl halides is 1. The van der Waals surface area contributed by atoms with E-state index in [4.69, 9.17) is 0 Å². The third-order valence-electron chi connectivity index (χ3n) is 6.16. The average Bonchev–Trinajstić information content (AvgIpc) is 3.40. The molecule has 3 unspecified atom stereocenters. The molecule has 1 amide bonds. The topological polar surface area (TPSA) is 43.8 Å². The highest BCUT2D eigenvalue weighted by molar-refractivity contribution is 5.79. The standard InChI is InChI=1S/C16H30N2O2.C7H8F2.C7H9F.C2H6.CH3F/c1-11-8-17(9-12(2)14(11)19)15(20)13-6-7-18(10-13)16(3,4)5;1-6(8)4-3-5-7(2)9;1-3-4-5-6-7(2)8;2*1-2/h11-14,19H,6-10H2,1-5H3;3-5H,1H2,2H3;3-6H,2H2,1H3;1-2H3;1H3/b;4-3-,7-5+;4-3-,6-5-;;. The van der Waals surface area contributed by atoms with Crippen molar-refractivity contribution in [2.45, 2.75) is 80.4 Å². The van der Waals surface area contributed by atoms with Crippen LogP contribution in [0.2, 0.25) is 0 Å². The minimum absolute atomic E-state index is 0.142. The van der Waals surface area contributed by atoms with Crippen LogP contribution < -0.4 is 0 Å². The molecule has 2 aliphatic heterocycles. The predicted molar refractivity (Wildman–Crippen MR) is 167 cm³/mol. The van der Waals surface area contributed by atoms with E-state index in [1.165, 1.54) is 19.1 Å². The second-order valence-corrected chi connectivity index (χ2v) is 10.7. The molecule has 0 aromatic carbocycles. The third kappa shape index (κ3) is 21.0. The monoisotopic (exact) mass is 588 g/mol. The van der Waals surface area contributed by atoms with Crippen molar-refractivity contribution >= 4 is 5.91 Å². The fourth-order valence-corrected chi connectivity index (χ4v) is 4.11. The van der Waals surface area contributed by atoms with E-state index in [1.807, 2.05) is 45.6 Å². The van der Waals surface area contributed by atoms with Crippen molar-refractivity contribution in [1.29, 1.82) is 0 Å². The van der Waals surface area contributed by atoms with Crippen molar-refractivity contribution in [2.75, 3.05) is 33.4 Å². The first-order valence-corrected chi connectivity index (χ1v) is 14.2. The van der Waals surface area contributed by atoms with E-state index in [2.05, 4.69) is 38.8 Å². The number of carbonyl (C=O) groups is 1. The summed E-state index contributed by atoms with van der Waals surface area (Å²) in [6.45, 7) is 27.1. The molecule has 2 aliphatic rings. The Balaban J connectivity index is -0.000000575. The first-order valence-electron chi connectivity index (χ1n) is 14.2. The van der Waals surface area contributed by atoms with Crippen molar-refractivity contribution in [2.24, 2.45) is 17.8 Å². The van der Waals surface area contributed by atoms with Crippen molar-refractivity contribution < 1.29 is 27.5 Å². The maximum absolute atomic E-state index is 12.7. The molecule has 0 bridgehead atoms. The lowest BCUT2D eigenvalue weighted by molar-refractivity contribution is -0.141. The van der Waals surface area contributed by atoms with Crippen LogP contribution in [0.1, 0.15) is 68.7 Å². The van der Waals surface area contributed by atoms with E-state index >= 15 is 0 Å². The Bertz CT molecular complexity index is 844. The van der Waals surface area contributed by atoms with E-state index < -0.39 is 11.7 Å². The second kappa shape index (κ2) is 24.2. The number of hydrogen-bond acceptors (Lipinski definition) is 3. The first-order chi connectivity index (χ1) is 19.1. The Morgan fingerprint density at radius 3 is 1.73 bits per heavy atom. The summed E-state index contributed by atoms with van der Waals surface area (Å²) in [6, 6.07) is 0. The predicted octanol–water partition coefficient (Wildman–Crippen LogP) is 8.70. The Hall–Kier alpha value is -2.45. The number of allylic oxidation sites excluding steroid dienone is 10. The van der Waals surface area contributed by atoms with Gasteiger partial charge in [0.15, 0.2) is 0 Å². The van der Waals surface area contributed by atoms with Gasteiger partial charge in [-0.1, -0.05) is 65.2 Å². The van der Waals surface area contributed by atoms with Crippen LogP contribution in [0.15, 0.2) is 73.2 Å². The Morgan fingerprint density at radius 2 is 1.37 bits per heavy atom. The van der Waals surface area contributed by atoms with Gasteiger partial charge in [0, 0.05) is 25.2 Å². The molecule has 41 heavy (non-hydrogen) atoms. The van der Waals surface area contributed by atoms with Gasteiger partial charge >= 0.3 is 0 Å². The van der Waals surface area contributed by atoms with E-state index in [1.54, 1.807) is 12.2 Å². The summed E-state index contributed by atoms with van der Waals surface area (Å²) in [5.41, 5.74) is 0.147. The highest BCUT2D eigenvalue weighted by Gasteiger charge is 2.39. The molecule has 2 heterocycles. The highest BCUT2D eigenvalue weighted by atomic mass is 19.1. The smallest absolute Gasteiger partial charge is 0.227 e. The first kappa shape index (κ1) is 43.0. The van der Waals surface area contributed by atoms with Gasteiger partial charge in [0.05, 0.1) is 25.0 Å². The van der Waals surface area contributed by atoms with Gasteiger partial charge in [0.1, 0.15) is 11.7 Å². The molecule has 0 aliphatic carbocycles. The van der Waals surface area contributed by atoms with Crippen molar-refractivity contribution in [1.82, 2.24) is 9.80 Å². The fraction of sp³-hybridized carbons (Fsp3) is 0.606. The molecule has 4 nitrogen and oxygen atoms in total. The summed E-state index contributed by atoms with van der Waals surface area (Å²) < 4.78 is 44.7. The number of halogens is 4. The number of hydrogen-bond donors (Lipinski definition) is 1. The number of carbonyl (C=O) groups excluding carboxylic acids is 1. The van der Waals surface area contributed by atoms with Gasteiger partial charge < -0.3 is 10.0 Å². The normalized spacial score (nSPS) is 23.0. The molecule has 0 saturated carbocycles. The lowest BCUT2D eigenvalue weighted by Crippen LogP contribution is -2.51. The van der Waals surface area contributed by atoms with Gasteiger partial charge in [0.25, 0.3) is 0 Å². The summed E-state index contributed by atoms with van der Waals surface area (Å²) in [5.74, 6) is -0.542. The van der Waals surface area contributed by atoms with Gasteiger partial charge in [-0.25, -0.2) is 13.2 Å². The number of piperidine rings is 1. The maximum Gasteiger partial charge on any atom is 0.227 e. The molecule has 0 spiro atoms. The SMILES string of the molecule is C=C(F)/C=C\C=C(/C)F.C=C(F)/C=C\C=C/C.CC.CC1CN(C(=O)C2CCN(C(C)(C)C)C2)CC(C)C1O.CF. The van der Waals surface area contributed by atoms with Gasteiger partial charge in [-0.05, 0) is 77.6 Å². The number of rotatable bonds is 5. The van der Waals surface area contributed by atoms with Crippen LogP contribution in [0.5, 0.6) is 0 Å². The Labute approximate surface area is 247 Å². The number of aliphatic hydroxyl groups is 1. The molecule has 8 heteroatoms. The van der Waals surface area contributed by atoms with Crippen molar-refractivity contribution in [3.05, 3.63) is 73.2 Å². The number of amides is 1. The van der Waals surface area contributed by atoms with Crippen LogP contribution in [0.25, 0.3) is 0 Å². The summed E-state index contributed by atoms with van der Waals surface area (Å²) in [6.07, 6.45) is 10.7. The molecule has 2 saturated heterocycles. The van der Waals surface area contributed by atoms with Crippen molar-refractivity contribution in [3.63, 3.8) is 0 Å².